The summed E-state index contributed by atoms with van der Waals surface area (Å²) >= 11 is 0. The first-order valence-electron chi connectivity index (χ1n) is 4.64. The maximum absolute atomic E-state index is 8.63. The zero-order valence-electron chi connectivity index (χ0n) is 8.91. The van der Waals surface area contributed by atoms with Crippen LogP contribution < -0.4 is 9.47 Å². The molecule has 0 amide bonds. The van der Waals surface area contributed by atoms with E-state index in [2.05, 4.69) is 11.8 Å². The number of aliphatic hydroxyl groups excluding tert-OH is 1. The first-order chi connectivity index (χ1) is 7.33. The fraction of sp³-hybridized carbons (Fsp3) is 0.333. The topological polar surface area (TPSA) is 38.7 Å². The molecule has 0 unspecified atom stereocenters. The lowest BCUT2D eigenvalue weighted by atomic mass is 10.1. The molecule has 1 aromatic carbocycles. The Hall–Kier alpha value is -1.66. The van der Waals surface area contributed by atoms with Crippen LogP contribution in [0.15, 0.2) is 18.2 Å². The number of benzene rings is 1. The average molecular weight is 206 g/mol. The van der Waals surface area contributed by atoms with Crippen LogP contribution in [-0.4, -0.2) is 25.9 Å². The van der Waals surface area contributed by atoms with Gasteiger partial charge in [-0.3, -0.25) is 0 Å². The molecule has 0 saturated heterocycles. The van der Waals surface area contributed by atoms with Gasteiger partial charge in [-0.15, -0.1) is 0 Å². The van der Waals surface area contributed by atoms with Gasteiger partial charge in [-0.1, -0.05) is 17.9 Å². The molecule has 0 saturated carbocycles. The van der Waals surface area contributed by atoms with Crippen LogP contribution in [0.5, 0.6) is 11.5 Å². The van der Waals surface area contributed by atoms with Gasteiger partial charge < -0.3 is 14.6 Å². The standard InChI is InChI=1S/C12H14O3/c1-14-11-7-5-8-12(15-2)10(11)6-3-4-9-13/h5,7-8,13H,4,9H2,1-2H3. The number of rotatable bonds is 3. The third kappa shape index (κ3) is 2.90. The van der Waals surface area contributed by atoms with E-state index in [4.69, 9.17) is 14.6 Å². The second-order valence-corrected chi connectivity index (χ2v) is 2.81. The fourth-order valence-electron chi connectivity index (χ4n) is 1.18. The van der Waals surface area contributed by atoms with Crippen LogP contribution in [0.1, 0.15) is 12.0 Å². The summed E-state index contributed by atoms with van der Waals surface area (Å²) in [7, 11) is 3.18. The summed E-state index contributed by atoms with van der Waals surface area (Å²) in [6.07, 6.45) is 0.446. The fourth-order valence-corrected chi connectivity index (χ4v) is 1.18. The van der Waals surface area contributed by atoms with E-state index in [1.165, 1.54) is 0 Å². The van der Waals surface area contributed by atoms with E-state index in [0.717, 1.165) is 5.56 Å². The van der Waals surface area contributed by atoms with E-state index in [1.54, 1.807) is 14.2 Å². The Morgan fingerprint density at radius 3 is 2.27 bits per heavy atom. The highest BCUT2D eigenvalue weighted by Crippen LogP contribution is 2.26. The van der Waals surface area contributed by atoms with Gasteiger partial charge in [-0.25, -0.2) is 0 Å². The first-order valence-corrected chi connectivity index (χ1v) is 4.64. The molecule has 1 N–H and O–H groups in total. The van der Waals surface area contributed by atoms with Crippen molar-refractivity contribution >= 4 is 0 Å². The Labute approximate surface area is 89.6 Å². The van der Waals surface area contributed by atoms with Crippen LogP contribution >= 0.6 is 0 Å². The summed E-state index contributed by atoms with van der Waals surface area (Å²) in [6, 6.07) is 5.49. The SMILES string of the molecule is COc1cccc(OC)c1C#CCCO. The van der Waals surface area contributed by atoms with Crippen molar-refractivity contribution in [2.75, 3.05) is 20.8 Å². The quantitative estimate of drug-likeness (QED) is 0.760. The van der Waals surface area contributed by atoms with Crippen molar-refractivity contribution in [2.45, 2.75) is 6.42 Å². The lowest BCUT2D eigenvalue weighted by molar-refractivity contribution is 0.305. The number of aliphatic hydroxyl groups is 1. The van der Waals surface area contributed by atoms with Gasteiger partial charge in [0.1, 0.15) is 17.1 Å². The molecule has 0 spiro atoms. The monoisotopic (exact) mass is 206 g/mol. The van der Waals surface area contributed by atoms with Crippen molar-refractivity contribution in [3.63, 3.8) is 0 Å². The summed E-state index contributed by atoms with van der Waals surface area (Å²) in [5.74, 6) is 7.13. The molecule has 0 aliphatic rings. The number of methoxy groups -OCH3 is 2. The van der Waals surface area contributed by atoms with E-state index in [9.17, 15) is 0 Å². The van der Waals surface area contributed by atoms with E-state index in [1.807, 2.05) is 18.2 Å². The second-order valence-electron chi connectivity index (χ2n) is 2.81. The lowest BCUT2D eigenvalue weighted by Crippen LogP contribution is -1.92. The zero-order chi connectivity index (χ0) is 11.1. The van der Waals surface area contributed by atoms with E-state index in [-0.39, 0.29) is 6.61 Å². The highest BCUT2D eigenvalue weighted by Gasteiger charge is 2.05. The summed E-state index contributed by atoms with van der Waals surface area (Å²) in [5.41, 5.74) is 0.718. The maximum Gasteiger partial charge on any atom is 0.138 e. The first kappa shape index (κ1) is 11.4. The van der Waals surface area contributed by atoms with Gasteiger partial charge in [-0.05, 0) is 12.1 Å². The molecule has 1 rings (SSSR count). The predicted octanol–water partition coefficient (Wildman–Crippen LogP) is 1.44. The molecule has 0 bridgehead atoms. The van der Waals surface area contributed by atoms with E-state index < -0.39 is 0 Å². The van der Waals surface area contributed by atoms with Gasteiger partial charge in [0.25, 0.3) is 0 Å². The summed E-state index contributed by atoms with van der Waals surface area (Å²) < 4.78 is 10.3. The van der Waals surface area contributed by atoms with Gasteiger partial charge in [0.2, 0.25) is 0 Å². The minimum Gasteiger partial charge on any atom is -0.495 e. The highest BCUT2D eigenvalue weighted by atomic mass is 16.5. The van der Waals surface area contributed by atoms with E-state index >= 15 is 0 Å². The number of ether oxygens (including phenoxy) is 2. The predicted molar refractivity (Wildman–Crippen MR) is 58.1 cm³/mol. The maximum atomic E-state index is 8.63. The van der Waals surface area contributed by atoms with Crippen molar-refractivity contribution in [3.8, 4) is 23.3 Å². The molecular weight excluding hydrogens is 192 g/mol. The van der Waals surface area contributed by atoms with Crippen LogP contribution in [0.3, 0.4) is 0 Å². The lowest BCUT2D eigenvalue weighted by Gasteiger charge is -2.07. The molecule has 0 aromatic heterocycles. The number of hydrogen-bond acceptors (Lipinski definition) is 3. The van der Waals surface area contributed by atoms with E-state index in [0.29, 0.717) is 17.9 Å². The molecule has 3 nitrogen and oxygen atoms in total. The Morgan fingerprint density at radius 1 is 1.20 bits per heavy atom. The van der Waals surface area contributed by atoms with Crippen molar-refractivity contribution in [3.05, 3.63) is 23.8 Å². The largest absolute Gasteiger partial charge is 0.495 e. The zero-order valence-corrected chi connectivity index (χ0v) is 8.91. The molecule has 15 heavy (non-hydrogen) atoms. The molecule has 0 fully saturated rings. The Balaban J connectivity index is 3.07. The Kier molecular flexibility index (Phi) is 4.52. The van der Waals surface area contributed by atoms with Gasteiger partial charge >= 0.3 is 0 Å². The normalized spacial score (nSPS) is 9.00. The second kappa shape index (κ2) is 5.94. The average Bonchev–Trinajstić information content (AvgIpc) is 2.29. The summed E-state index contributed by atoms with van der Waals surface area (Å²) in [5, 5.41) is 8.63. The molecule has 0 aliphatic heterocycles. The molecule has 0 aliphatic carbocycles. The third-order valence-corrected chi connectivity index (χ3v) is 1.88. The summed E-state index contributed by atoms with van der Waals surface area (Å²) in [6.45, 7) is 0.0600. The minimum atomic E-state index is 0.0600. The smallest absolute Gasteiger partial charge is 0.138 e. The number of hydrogen-bond donors (Lipinski definition) is 1. The van der Waals surface area contributed by atoms with Gasteiger partial charge in [0.15, 0.2) is 0 Å². The van der Waals surface area contributed by atoms with Gasteiger partial charge in [-0.2, -0.15) is 0 Å². The van der Waals surface area contributed by atoms with Crippen molar-refractivity contribution in [1.29, 1.82) is 0 Å². The van der Waals surface area contributed by atoms with Crippen molar-refractivity contribution < 1.29 is 14.6 Å². The van der Waals surface area contributed by atoms with Crippen LogP contribution in [0.4, 0.5) is 0 Å². The molecule has 0 radical (unpaired) electrons. The van der Waals surface area contributed by atoms with Crippen LogP contribution in [0.25, 0.3) is 0 Å². The van der Waals surface area contributed by atoms with Crippen LogP contribution in [-0.2, 0) is 0 Å². The Bertz CT molecular complexity index is 352. The van der Waals surface area contributed by atoms with Gasteiger partial charge in [0.05, 0.1) is 20.8 Å². The molecule has 1 aromatic rings. The van der Waals surface area contributed by atoms with Gasteiger partial charge in [0, 0.05) is 6.42 Å². The van der Waals surface area contributed by atoms with Crippen molar-refractivity contribution in [1.82, 2.24) is 0 Å². The molecule has 3 heteroatoms. The van der Waals surface area contributed by atoms with Crippen molar-refractivity contribution in [2.24, 2.45) is 0 Å². The minimum absolute atomic E-state index is 0.0600. The molecule has 0 atom stereocenters. The van der Waals surface area contributed by atoms with Crippen LogP contribution in [0.2, 0.25) is 0 Å². The molecule has 80 valence electrons. The molecule has 0 heterocycles. The molecular formula is C12H14O3. The third-order valence-electron chi connectivity index (χ3n) is 1.88. The van der Waals surface area contributed by atoms with Crippen LogP contribution in [0, 0.1) is 11.8 Å². The highest BCUT2D eigenvalue weighted by molar-refractivity contribution is 5.55. The summed E-state index contributed by atoms with van der Waals surface area (Å²) in [4.78, 5) is 0. The Morgan fingerprint density at radius 2 is 1.80 bits per heavy atom.